The second kappa shape index (κ2) is 5.68. The van der Waals surface area contributed by atoms with E-state index in [4.69, 9.17) is 16.2 Å². The smallest absolute Gasteiger partial charge is 0.222 e. The maximum absolute atomic E-state index is 5.63. The SMILES string of the molecule is Nc1cc(-c2ccc(OCCBr)cc2)nc(N)n1. The van der Waals surface area contributed by atoms with Crippen LogP contribution in [0.5, 0.6) is 5.75 Å². The van der Waals surface area contributed by atoms with Crippen LogP contribution in [0, 0.1) is 0 Å². The van der Waals surface area contributed by atoms with Gasteiger partial charge in [-0.2, -0.15) is 4.98 Å². The molecule has 0 spiro atoms. The van der Waals surface area contributed by atoms with Crippen molar-refractivity contribution in [3.8, 4) is 17.0 Å². The first-order valence-corrected chi connectivity index (χ1v) is 6.50. The Hall–Kier alpha value is -1.82. The summed E-state index contributed by atoms with van der Waals surface area (Å²) >= 11 is 3.30. The van der Waals surface area contributed by atoms with Gasteiger partial charge in [0.25, 0.3) is 0 Å². The first-order valence-electron chi connectivity index (χ1n) is 5.38. The van der Waals surface area contributed by atoms with Gasteiger partial charge in [-0.15, -0.1) is 0 Å². The molecule has 0 aliphatic rings. The normalized spacial score (nSPS) is 10.3. The minimum atomic E-state index is 0.171. The molecule has 0 aliphatic carbocycles. The second-order valence-corrected chi connectivity index (χ2v) is 4.39. The van der Waals surface area contributed by atoms with Crippen molar-refractivity contribution in [2.24, 2.45) is 0 Å². The molecule has 0 atom stereocenters. The van der Waals surface area contributed by atoms with Crippen LogP contribution in [-0.2, 0) is 0 Å². The number of nitrogens with zero attached hydrogens (tertiary/aromatic N) is 2. The van der Waals surface area contributed by atoms with Gasteiger partial charge in [0.05, 0.1) is 12.3 Å². The second-order valence-electron chi connectivity index (χ2n) is 3.60. The highest BCUT2D eigenvalue weighted by molar-refractivity contribution is 9.09. The molecule has 4 N–H and O–H groups in total. The minimum Gasteiger partial charge on any atom is -0.493 e. The van der Waals surface area contributed by atoms with Crippen LogP contribution in [0.4, 0.5) is 11.8 Å². The first kappa shape index (κ1) is 12.6. The maximum atomic E-state index is 5.63. The van der Waals surface area contributed by atoms with Crippen molar-refractivity contribution in [1.82, 2.24) is 9.97 Å². The summed E-state index contributed by atoms with van der Waals surface area (Å²) in [6, 6.07) is 9.26. The number of aromatic nitrogens is 2. The molecule has 2 aromatic rings. The van der Waals surface area contributed by atoms with E-state index >= 15 is 0 Å². The van der Waals surface area contributed by atoms with Crippen LogP contribution in [0.3, 0.4) is 0 Å². The van der Waals surface area contributed by atoms with E-state index in [1.54, 1.807) is 6.07 Å². The highest BCUT2D eigenvalue weighted by Crippen LogP contribution is 2.22. The third kappa shape index (κ3) is 3.10. The Kier molecular flexibility index (Phi) is 3.99. The van der Waals surface area contributed by atoms with Crippen LogP contribution in [0.25, 0.3) is 11.3 Å². The zero-order chi connectivity index (χ0) is 13.0. The van der Waals surface area contributed by atoms with Crippen LogP contribution < -0.4 is 16.2 Å². The Bertz CT molecular complexity index is 510. The molecule has 0 amide bonds. The topological polar surface area (TPSA) is 87.0 Å². The fraction of sp³-hybridized carbons (Fsp3) is 0.167. The molecule has 1 aromatic heterocycles. The molecular weight excluding hydrogens is 296 g/mol. The summed E-state index contributed by atoms with van der Waals surface area (Å²) < 4.78 is 5.46. The van der Waals surface area contributed by atoms with Crippen LogP contribution >= 0.6 is 15.9 Å². The molecule has 0 fully saturated rings. The van der Waals surface area contributed by atoms with Crippen molar-refractivity contribution in [3.63, 3.8) is 0 Å². The highest BCUT2D eigenvalue weighted by Gasteiger charge is 2.03. The van der Waals surface area contributed by atoms with Crippen molar-refractivity contribution < 1.29 is 4.74 Å². The lowest BCUT2D eigenvalue weighted by molar-refractivity contribution is 0.345. The Balaban J connectivity index is 2.23. The monoisotopic (exact) mass is 308 g/mol. The molecule has 2 rings (SSSR count). The quantitative estimate of drug-likeness (QED) is 0.844. The molecule has 0 aliphatic heterocycles. The Morgan fingerprint density at radius 1 is 1.11 bits per heavy atom. The lowest BCUT2D eigenvalue weighted by Crippen LogP contribution is -2.00. The van der Waals surface area contributed by atoms with E-state index in [-0.39, 0.29) is 5.95 Å². The van der Waals surface area contributed by atoms with E-state index in [0.717, 1.165) is 16.6 Å². The van der Waals surface area contributed by atoms with Crippen LogP contribution in [0.15, 0.2) is 30.3 Å². The van der Waals surface area contributed by atoms with Gasteiger partial charge in [-0.25, -0.2) is 4.98 Å². The fourth-order valence-electron chi connectivity index (χ4n) is 1.51. The van der Waals surface area contributed by atoms with E-state index < -0.39 is 0 Å². The number of benzene rings is 1. The van der Waals surface area contributed by atoms with Crippen LogP contribution in [0.2, 0.25) is 0 Å². The summed E-state index contributed by atoms with van der Waals surface area (Å²) in [5, 5.41) is 0.799. The van der Waals surface area contributed by atoms with Gasteiger partial charge in [0.1, 0.15) is 11.6 Å². The average molecular weight is 309 g/mol. The van der Waals surface area contributed by atoms with E-state index in [9.17, 15) is 0 Å². The number of halogens is 1. The van der Waals surface area contributed by atoms with Crippen molar-refractivity contribution in [1.29, 1.82) is 0 Å². The summed E-state index contributed by atoms with van der Waals surface area (Å²) in [6.07, 6.45) is 0. The summed E-state index contributed by atoms with van der Waals surface area (Å²) in [6.45, 7) is 0.632. The van der Waals surface area contributed by atoms with Crippen LogP contribution in [0.1, 0.15) is 0 Å². The number of anilines is 2. The van der Waals surface area contributed by atoms with Gasteiger partial charge >= 0.3 is 0 Å². The fourth-order valence-corrected chi connectivity index (χ4v) is 1.67. The first-order chi connectivity index (χ1) is 8.69. The largest absolute Gasteiger partial charge is 0.493 e. The predicted molar refractivity (Wildman–Crippen MR) is 75.6 cm³/mol. The number of ether oxygens (including phenoxy) is 1. The molecule has 0 bridgehead atoms. The van der Waals surface area contributed by atoms with Crippen molar-refractivity contribution in [2.45, 2.75) is 0 Å². The molecule has 0 saturated carbocycles. The summed E-state index contributed by atoms with van der Waals surface area (Å²) in [5.41, 5.74) is 12.8. The predicted octanol–water partition coefficient (Wildman–Crippen LogP) is 2.08. The third-order valence-electron chi connectivity index (χ3n) is 2.26. The average Bonchev–Trinajstić information content (AvgIpc) is 2.36. The summed E-state index contributed by atoms with van der Waals surface area (Å²) in [7, 11) is 0. The number of hydrogen-bond acceptors (Lipinski definition) is 5. The lowest BCUT2D eigenvalue weighted by atomic mass is 10.1. The molecule has 0 saturated heterocycles. The number of hydrogen-bond donors (Lipinski definition) is 2. The summed E-state index contributed by atoms with van der Waals surface area (Å²) in [5.74, 6) is 1.34. The van der Waals surface area contributed by atoms with Crippen molar-refractivity contribution in [2.75, 3.05) is 23.4 Å². The van der Waals surface area contributed by atoms with Gasteiger partial charge in [0.2, 0.25) is 5.95 Å². The Morgan fingerprint density at radius 2 is 1.83 bits per heavy atom. The molecule has 18 heavy (non-hydrogen) atoms. The number of rotatable bonds is 4. The Labute approximate surface area is 113 Å². The standard InChI is InChI=1S/C12H13BrN4O/c13-5-6-18-9-3-1-8(2-4-9)10-7-11(14)17-12(15)16-10/h1-4,7H,5-6H2,(H4,14,15,16,17). The zero-order valence-corrected chi connectivity index (χ0v) is 11.2. The van der Waals surface area contributed by atoms with Crippen molar-refractivity contribution >= 4 is 27.7 Å². The molecule has 6 heteroatoms. The van der Waals surface area contributed by atoms with E-state index in [2.05, 4.69) is 25.9 Å². The van der Waals surface area contributed by atoms with Gasteiger partial charge in [-0.3, -0.25) is 0 Å². The maximum Gasteiger partial charge on any atom is 0.222 e. The molecule has 0 radical (unpaired) electrons. The lowest BCUT2D eigenvalue weighted by Gasteiger charge is -2.06. The van der Waals surface area contributed by atoms with Crippen molar-refractivity contribution in [3.05, 3.63) is 30.3 Å². The molecule has 94 valence electrons. The zero-order valence-electron chi connectivity index (χ0n) is 9.64. The summed E-state index contributed by atoms with van der Waals surface area (Å²) in [4.78, 5) is 7.97. The molecule has 5 nitrogen and oxygen atoms in total. The molecular formula is C12H13BrN4O. The Morgan fingerprint density at radius 3 is 2.44 bits per heavy atom. The molecule has 1 heterocycles. The highest BCUT2D eigenvalue weighted by atomic mass is 79.9. The van der Waals surface area contributed by atoms with E-state index in [1.807, 2.05) is 24.3 Å². The van der Waals surface area contributed by atoms with E-state index in [1.165, 1.54) is 0 Å². The van der Waals surface area contributed by atoms with Crippen LogP contribution in [-0.4, -0.2) is 21.9 Å². The minimum absolute atomic E-state index is 0.171. The van der Waals surface area contributed by atoms with Gasteiger partial charge < -0.3 is 16.2 Å². The third-order valence-corrected chi connectivity index (χ3v) is 2.58. The molecule has 0 unspecified atom stereocenters. The number of nitrogen functional groups attached to an aromatic ring is 2. The number of nitrogens with two attached hydrogens (primary N) is 2. The number of alkyl halides is 1. The molecule has 1 aromatic carbocycles. The van der Waals surface area contributed by atoms with Gasteiger partial charge in [0, 0.05) is 17.0 Å². The van der Waals surface area contributed by atoms with Gasteiger partial charge in [-0.05, 0) is 24.3 Å². The van der Waals surface area contributed by atoms with E-state index in [0.29, 0.717) is 18.1 Å². The van der Waals surface area contributed by atoms with Gasteiger partial charge in [-0.1, -0.05) is 15.9 Å². The van der Waals surface area contributed by atoms with Gasteiger partial charge in [0.15, 0.2) is 0 Å².